The van der Waals surface area contributed by atoms with Gasteiger partial charge in [-0.3, -0.25) is 38.3 Å². The third-order valence-electron chi connectivity index (χ3n) is 13.3. The maximum Gasteiger partial charge on any atom is 0.229 e. The number of fused-ring (bicyclic) bond motifs is 2. The van der Waals surface area contributed by atoms with E-state index in [1.54, 1.807) is 43.5 Å². The number of aryl methyl sites for hydroxylation is 6. The number of carbonyl (C=O) groups is 2. The highest BCUT2D eigenvalue weighted by Crippen LogP contribution is 2.49. The predicted octanol–water partition coefficient (Wildman–Crippen LogP) is 6.92. The molecule has 2 aliphatic rings. The fourth-order valence-electron chi connectivity index (χ4n) is 9.20. The number of carbonyl (C=O) groups excluding carboxylic acids is 2. The van der Waals surface area contributed by atoms with Crippen LogP contribution in [-0.4, -0.2) is 80.8 Å². The minimum Gasteiger partial charge on any atom is -0.383 e. The molecule has 0 aliphatic heterocycles. The van der Waals surface area contributed by atoms with Gasteiger partial charge in [0.1, 0.15) is 34.7 Å². The fourth-order valence-corrected chi connectivity index (χ4v) is 9.20. The van der Waals surface area contributed by atoms with Crippen molar-refractivity contribution in [1.29, 1.82) is 0 Å². The quantitative estimate of drug-likeness (QED) is 0.109. The summed E-state index contributed by atoms with van der Waals surface area (Å²) in [6.07, 6.45) is 19.9. The van der Waals surface area contributed by atoms with Crippen LogP contribution < -0.4 is 22.1 Å². The highest BCUT2D eigenvalue weighted by atomic mass is 16.2. The molecule has 4 atom stereocenters. The molecule has 10 aromatic heterocycles. The van der Waals surface area contributed by atoms with Crippen LogP contribution in [0.2, 0.25) is 0 Å². The molecule has 6 N–H and O–H groups in total. The van der Waals surface area contributed by atoms with E-state index in [-0.39, 0.29) is 35.5 Å². The Hall–Kier alpha value is -9.20. The molecule has 0 radical (unpaired) electrons. The smallest absolute Gasteiger partial charge is 0.229 e. The summed E-state index contributed by atoms with van der Waals surface area (Å²) < 4.78 is 7.01. The third kappa shape index (κ3) is 9.07. The van der Waals surface area contributed by atoms with Crippen molar-refractivity contribution < 1.29 is 9.59 Å². The van der Waals surface area contributed by atoms with Crippen molar-refractivity contribution in [2.24, 2.45) is 40.0 Å². The molecule has 20 nitrogen and oxygen atoms in total. The number of pyridine rings is 6. The summed E-state index contributed by atoms with van der Waals surface area (Å²) in [6.45, 7) is 4.02. The van der Waals surface area contributed by atoms with Gasteiger partial charge in [0.25, 0.3) is 0 Å². The van der Waals surface area contributed by atoms with Crippen LogP contribution in [0.3, 0.4) is 0 Å². The summed E-state index contributed by atoms with van der Waals surface area (Å²) in [5.74, 6) is 1.91. The molecule has 12 rings (SSSR count). The van der Waals surface area contributed by atoms with Gasteiger partial charge in [0.15, 0.2) is 0 Å². The van der Waals surface area contributed by atoms with Gasteiger partial charge in [-0.05, 0) is 120 Å². The van der Waals surface area contributed by atoms with Crippen molar-refractivity contribution >= 4 is 56.6 Å². The molecule has 10 heterocycles. The molecular formula is C52H50N18O2. The van der Waals surface area contributed by atoms with Crippen LogP contribution >= 0.6 is 0 Å². The van der Waals surface area contributed by atoms with Gasteiger partial charge in [-0.15, -0.1) is 0 Å². The van der Waals surface area contributed by atoms with Crippen molar-refractivity contribution in [1.82, 2.24) is 69.0 Å². The summed E-state index contributed by atoms with van der Waals surface area (Å²) in [5.41, 5.74) is 23.1. The Bertz CT molecular complexity index is 3510. The van der Waals surface area contributed by atoms with E-state index in [9.17, 15) is 9.59 Å². The lowest BCUT2D eigenvalue weighted by atomic mass is 10.0. The first kappa shape index (κ1) is 45.3. The van der Waals surface area contributed by atoms with E-state index in [0.29, 0.717) is 34.7 Å². The van der Waals surface area contributed by atoms with Gasteiger partial charge >= 0.3 is 0 Å². The number of nitrogens with zero attached hydrogens (tertiary/aromatic N) is 14. The lowest BCUT2D eigenvalue weighted by Crippen LogP contribution is -2.15. The summed E-state index contributed by atoms with van der Waals surface area (Å²) >= 11 is 0. The zero-order valence-electron chi connectivity index (χ0n) is 40.3. The molecule has 2 aliphatic carbocycles. The van der Waals surface area contributed by atoms with Gasteiger partial charge in [0.2, 0.25) is 11.8 Å². The van der Waals surface area contributed by atoms with Crippen molar-refractivity contribution in [2.75, 3.05) is 22.1 Å². The standard InChI is InChI=1S/2C26H25N9O/c2*1-14-6-23(21-4-5-34(2)33-21)28-11-19(14)22-7-15-8-24(29-12-20(15)25(27)31-22)32-26(36)18-9-17(18)16-10-30-35(3)13-16/h2*4-8,10-13,17-18H,9H2,1-3H3,(H2,27,31)(H,29,32,36)/t2*17-,18+/m10/s1. The minimum atomic E-state index is -0.0730. The number of nitrogen functional groups attached to an aromatic ring is 2. The Kier molecular flexibility index (Phi) is 11.3. The lowest BCUT2D eigenvalue weighted by Gasteiger charge is -2.11. The SMILES string of the molecule is Cc1cc(-c2ccn(C)n2)ncc1-c1cc2cc(NC(=O)[C@@H]3C[C@H]3c3cnn(C)c3)ncc2c(N)n1.Cc1cc(-c2ccn(C)n2)ncc1-c1cc2cc(NC(=O)[C@H]3C[C@@H]3c3cnn(C)c3)ncc2c(N)n1. The monoisotopic (exact) mass is 958 g/mol. The van der Waals surface area contributed by atoms with E-state index in [1.807, 2.05) is 128 Å². The summed E-state index contributed by atoms with van der Waals surface area (Å²) in [7, 11) is 7.51. The number of nitrogens with two attached hydrogens (primary N) is 2. The largest absolute Gasteiger partial charge is 0.383 e. The predicted molar refractivity (Wildman–Crippen MR) is 274 cm³/mol. The average molecular weight is 959 g/mol. The molecule has 0 saturated heterocycles. The number of aromatic nitrogens is 14. The first-order chi connectivity index (χ1) is 34.7. The Morgan fingerprint density at radius 1 is 0.528 bits per heavy atom. The van der Waals surface area contributed by atoms with Crippen LogP contribution in [0.5, 0.6) is 0 Å². The molecule has 360 valence electrons. The molecule has 0 aromatic carbocycles. The molecule has 2 saturated carbocycles. The molecule has 0 bridgehead atoms. The maximum absolute atomic E-state index is 12.8. The third-order valence-corrected chi connectivity index (χ3v) is 13.3. The second-order valence-electron chi connectivity index (χ2n) is 18.7. The first-order valence-electron chi connectivity index (χ1n) is 23.4. The van der Waals surface area contributed by atoms with Crippen LogP contribution in [0, 0.1) is 25.7 Å². The lowest BCUT2D eigenvalue weighted by molar-refractivity contribution is -0.118. The molecule has 72 heavy (non-hydrogen) atoms. The highest BCUT2D eigenvalue weighted by molar-refractivity contribution is 6.00. The van der Waals surface area contributed by atoms with E-state index in [0.717, 1.165) is 90.5 Å². The van der Waals surface area contributed by atoms with Crippen molar-refractivity contribution in [3.8, 4) is 45.3 Å². The first-order valence-corrected chi connectivity index (χ1v) is 23.4. The summed E-state index contributed by atoms with van der Waals surface area (Å²) in [4.78, 5) is 52.8. The summed E-state index contributed by atoms with van der Waals surface area (Å²) in [5, 5.41) is 26.3. The van der Waals surface area contributed by atoms with Crippen LogP contribution in [0.25, 0.3) is 66.8 Å². The zero-order chi connectivity index (χ0) is 49.9. The van der Waals surface area contributed by atoms with Gasteiger partial charge in [-0.25, -0.2) is 19.9 Å². The van der Waals surface area contributed by atoms with Crippen LogP contribution in [0.1, 0.15) is 46.9 Å². The van der Waals surface area contributed by atoms with E-state index in [2.05, 4.69) is 60.9 Å². The maximum atomic E-state index is 12.8. The van der Waals surface area contributed by atoms with Crippen LogP contribution in [0.4, 0.5) is 23.3 Å². The average Bonchev–Trinajstić information content (AvgIpc) is 4.07. The number of hydrogen-bond donors (Lipinski definition) is 4. The Balaban J connectivity index is 0.000000156. The molecule has 0 unspecified atom stereocenters. The molecular weight excluding hydrogens is 909 g/mol. The van der Waals surface area contributed by atoms with E-state index >= 15 is 0 Å². The van der Waals surface area contributed by atoms with Crippen LogP contribution in [0.15, 0.2) is 110 Å². The number of rotatable bonds is 10. The number of nitrogens with one attached hydrogen (secondary N) is 2. The molecule has 20 heteroatoms. The molecule has 0 spiro atoms. The second kappa shape index (κ2) is 18.0. The number of hydrogen-bond acceptors (Lipinski definition) is 14. The van der Waals surface area contributed by atoms with E-state index < -0.39 is 0 Å². The Morgan fingerprint density at radius 2 is 0.958 bits per heavy atom. The number of anilines is 4. The van der Waals surface area contributed by atoms with Crippen LogP contribution in [-0.2, 0) is 37.8 Å². The Morgan fingerprint density at radius 3 is 1.32 bits per heavy atom. The topological polar surface area (TPSA) is 259 Å². The Labute approximate surface area is 412 Å². The highest BCUT2D eigenvalue weighted by Gasteiger charge is 2.45. The van der Waals surface area contributed by atoms with Crippen molar-refractivity contribution in [2.45, 2.75) is 38.5 Å². The van der Waals surface area contributed by atoms with Gasteiger partial charge in [0, 0.05) is 112 Å². The second-order valence-corrected chi connectivity index (χ2v) is 18.7. The fraction of sp³-hybridized carbons (Fsp3) is 0.231. The minimum absolute atomic E-state index is 0.0388. The molecule has 2 amide bonds. The van der Waals surface area contributed by atoms with Gasteiger partial charge < -0.3 is 22.1 Å². The van der Waals surface area contributed by atoms with Gasteiger partial charge in [-0.2, -0.15) is 20.4 Å². The summed E-state index contributed by atoms with van der Waals surface area (Å²) in [6, 6.07) is 15.4. The van der Waals surface area contributed by atoms with Crippen molar-refractivity contribution in [3.63, 3.8) is 0 Å². The van der Waals surface area contributed by atoms with E-state index in [1.165, 1.54) is 0 Å². The normalized spacial score (nSPS) is 16.9. The zero-order valence-corrected chi connectivity index (χ0v) is 40.3. The van der Waals surface area contributed by atoms with Crippen molar-refractivity contribution in [3.05, 3.63) is 133 Å². The number of amides is 2. The van der Waals surface area contributed by atoms with Gasteiger partial charge in [-0.1, -0.05) is 0 Å². The molecule has 10 aromatic rings. The van der Waals surface area contributed by atoms with Gasteiger partial charge in [0.05, 0.1) is 35.2 Å². The molecule has 2 fully saturated rings. The van der Waals surface area contributed by atoms with E-state index in [4.69, 9.17) is 11.5 Å².